The van der Waals surface area contributed by atoms with Crippen molar-refractivity contribution in [3.05, 3.63) is 51.1 Å². The summed E-state index contributed by atoms with van der Waals surface area (Å²) in [6.45, 7) is 13.3. The Kier molecular flexibility index (Phi) is 6.11. The van der Waals surface area contributed by atoms with Gasteiger partial charge in [-0.3, -0.25) is 4.79 Å². The summed E-state index contributed by atoms with van der Waals surface area (Å²) in [5, 5.41) is 9.14. The number of aromatic nitrogens is 4. The fourth-order valence-corrected chi connectivity index (χ4v) is 4.21. The molecule has 3 aromatic rings. The summed E-state index contributed by atoms with van der Waals surface area (Å²) in [4.78, 5) is 24.9. The number of aromatic amines is 1. The van der Waals surface area contributed by atoms with Gasteiger partial charge in [-0.2, -0.15) is 5.10 Å². The number of aryl methyl sites for hydroxylation is 2. The van der Waals surface area contributed by atoms with Gasteiger partial charge in [-0.1, -0.05) is 0 Å². The van der Waals surface area contributed by atoms with Crippen molar-refractivity contribution in [2.24, 2.45) is 0 Å². The van der Waals surface area contributed by atoms with Crippen LogP contribution in [-0.4, -0.2) is 57.9 Å². The van der Waals surface area contributed by atoms with E-state index in [4.69, 9.17) is 4.98 Å². The van der Waals surface area contributed by atoms with Gasteiger partial charge in [-0.25, -0.2) is 9.67 Å². The second-order valence-corrected chi connectivity index (χ2v) is 8.90. The Hall–Kier alpha value is -2.71. The van der Waals surface area contributed by atoms with Crippen LogP contribution in [0.4, 0.5) is 5.82 Å². The van der Waals surface area contributed by atoms with Crippen molar-refractivity contribution in [3.8, 4) is 0 Å². The molecule has 0 aromatic carbocycles. The topological polar surface area (TPSA) is 82.1 Å². The Morgan fingerprint density at radius 3 is 2.55 bits per heavy atom. The Morgan fingerprint density at radius 2 is 1.87 bits per heavy atom. The third-order valence-corrected chi connectivity index (χ3v) is 6.07. The van der Waals surface area contributed by atoms with E-state index in [0.717, 1.165) is 65.4 Å². The van der Waals surface area contributed by atoms with Gasteiger partial charge in [0, 0.05) is 62.0 Å². The van der Waals surface area contributed by atoms with Crippen molar-refractivity contribution >= 4 is 16.9 Å². The second-order valence-electron chi connectivity index (χ2n) is 8.90. The highest BCUT2D eigenvalue weighted by Crippen LogP contribution is 2.25. The van der Waals surface area contributed by atoms with E-state index in [-0.39, 0.29) is 11.6 Å². The summed E-state index contributed by atoms with van der Waals surface area (Å²) >= 11 is 0. The molecule has 166 valence electrons. The molecule has 4 rings (SSSR count). The lowest BCUT2D eigenvalue weighted by molar-refractivity contribution is 0.312. The number of hydrogen-bond donors (Lipinski definition) is 2. The minimum absolute atomic E-state index is 0.0179. The molecule has 3 aromatic heterocycles. The average molecular weight is 424 g/mol. The maximum Gasteiger partial charge on any atom is 0.252 e. The maximum atomic E-state index is 12.4. The van der Waals surface area contributed by atoms with Gasteiger partial charge >= 0.3 is 0 Å². The molecule has 0 unspecified atom stereocenters. The Labute approximate surface area is 183 Å². The zero-order valence-electron chi connectivity index (χ0n) is 19.2. The molecule has 0 bridgehead atoms. The predicted molar refractivity (Wildman–Crippen MR) is 125 cm³/mol. The van der Waals surface area contributed by atoms with Crippen LogP contribution in [0.2, 0.25) is 0 Å². The second kappa shape index (κ2) is 8.80. The molecule has 0 radical (unpaired) electrons. The van der Waals surface area contributed by atoms with E-state index < -0.39 is 0 Å². The minimum atomic E-state index is -0.0179. The van der Waals surface area contributed by atoms with Crippen molar-refractivity contribution in [3.63, 3.8) is 0 Å². The fourth-order valence-electron chi connectivity index (χ4n) is 4.21. The fraction of sp³-hybridized carbons (Fsp3) is 0.522. The molecule has 1 fully saturated rings. The first-order valence-corrected chi connectivity index (χ1v) is 11.0. The van der Waals surface area contributed by atoms with Crippen LogP contribution in [-0.2, 0) is 13.1 Å². The highest BCUT2D eigenvalue weighted by molar-refractivity contribution is 5.81. The number of nitrogens with zero attached hydrogens (tertiary/aromatic N) is 5. The smallest absolute Gasteiger partial charge is 0.252 e. The van der Waals surface area contributed by atoms with Crippen LogP contribution in [0.15, 0.2) is 23.1 Å². The van der Waals surface area contributed by atoms with E-state index in [1.54, 1.807) is 0 Å². The lowest BCUT2D eigenvalue weighted by atomic mass is 10.1. The SMILES string of the molecule is Cc1cc(C)c(CNCc2cc(N3CCN(C)CC3)nc3c2cnn3C(C)C)c(=O)[nH]1. The summed E-state index contributed by atoms with van der Waals surface area (Å²) < 4.78 is 1.99. The van der Waals surface area contributed by atoms with Gasteiger partial charge in [-0.15, -0.1) is 0 Å². The normalized spacial score (nSPS) is 15.4. The largest absolute Gasteiger partial charge is 0.354 e. The molecular formula is C23H33N7O. The van der Waals surface area contributed by atoms with E-state index in [1.165, 1.54) is 0 Å². The highest BCUT2D eigenvalue weighted by atomic mass is 16.1. The van der Waals surface area contributed by atoms with Gasteiger partial charge in [0.05, 0.1) is 6.20 Å². The molecule has 0 aliphatic carbocycles. The van der Waals surface area contributed by atoms with Crippen LogP contribution < -0.4 is 15.8 Å². The molecule has 0 atom stereocenters. The summed E-state index contributed by atoms with van der Waals surface area (Å²) in [6, 6.07) is 4.43. The zero-order valence-corrected chi connectivity index (χ0v) is 19.2. The van der Waals surface area contributed by atoms with E-state index >= 15 is 0 Å². The van der Waals surface area contributed by atoms with Crippen LogP contribution in [0.3, 0.4) is 0 Å². The van der Waals surface area contributed by atoms with Crippen molar-refractivity contribution in [1.82, 2.24) is 30.0 Å². The quantitative estimate of drug-likeness (QED) is 0.633. The Bertz CT molecular complexity index is 1120. The number of piperazine rings is 1. The number of anilines is 1. The van der Waals surface area contributed by atoms with Gasteiger partial charge in [0.2, 0.25) is 0 Å². The van der Waals surface area contributed by atoms with Gasteiger partial charge in [-0.05, 0) is 58.0 Å². The first-order valence-electron chi connectivity index (χ1n) is 11.0. The number of fused-ring (bicyclic) bond motifs is 1. The summed E-state index contributed by atoms with van der Waals surface area (Å²) in [5.74, 6) is 1.00. The van der Waals surface area contributed by atoms with Crippen molar-refractivity contribution in [2.75, 3.05) is 38.1 Å². The number of likely N-dealkylation sites (N-methyl/N-ethyl adjacent to an activating group) is 1. The van der Waals surface area contributed by atoms with Crippen LogP contribution >= 0.6 is 0 Å². The summed E-state index contributed by atoms with van der Waals surface area (Å²) in [6.07, 6.45) is 1.91. The predicted octanol–water partition coefficient (Wildman–Crippen LogP) is 2.36. The van der Waals surface area contributed by atoms with E-state index in [9.17, 15) is 4.79 Å². The third kappa shape index (κ3) is 4.50. The molecule has 1 aliphatic heterocycles. The Morgan fingerprint density at radius 1 is 1.13 bits per heavy atom. The average Bonchev–Trinajstić information content (AvgIpc) is 3.15. The van der Waals surface area contributed by atoms with E-state index in [1.807, 2.05) is 30.8 Å². The number of hydrogen-bond acceptors (Lipinski definition) is 6. The third-order valence-electron chi connectivity index (χ3n) is 6.07. The highest BCUT2D eigenvalue weighted by Gasteiger charge is 2.19. The number of H-pyrrole nitrogens is 1. The molecule has 0 amide bonds. The maximum absolute atomic E-state index is 12.4. The van der Waals surface area contributed by atoms with Crippen LogP contribution in [0, 0.1) is 13.8 Å². The first-order chi connectivity index (χ1) is 14.8. The molecule has 0 spiro atoms. The molecule has 1 saturated heterocycles. The number of pyridine rings is 2. The lowest BCUT2D eigenvalue weighted by Crippen LogP contribution is -2.44. The van der Waals surface area contributed by atoms with Gasteiger partial charge < -0.3 is 20.1 Å². The minimum Gasteiger partial charge on any atom is -0.354 e. The molecule has 1 aliphatic rings. The molecule has 2 N–H and O–H groups in total. The lowest BCUT2D eigenvalue weighted by Gasteiger charge is -2.33. The van der Waals surface area contributed by atoms with Crippen molar-refractivity contribution in [1.29, 1.82) is 0 Å². The standard InChI is InChI=1S/C23H33N7O/c1-15(2)30-22-20(14-25-30)18(11-21(27-22)29-8-6-28(5)7-9-29)12-24-13-19-16(3)10-17(4)26-23(19)31/h10-11,14-15,24H,6-9,12-13H2,1-5H3,(H,26,31). The molecule has 4 heterocycles. The summed E-state index contributed by atoms with van der Waals surface area (Å²) in [7, 11) is 2.16. The van der Waals surface area contributed by atoms with Crippen LogP contribution in [0.1, 0.15) is 42.3 Å². The molecule has 8 heteroatoms. The van der Waals surface area contributed by atoms with Crippen molar-refractivity contribution in [2.45, 2.75) is 46.8 Å². The van der Waals surface area contributed by atoms with Crippen LogP contribution in [0.25, 0.3) is 11.0 Å². The molecule has 0 saturated carbocycles. The molecular weight excluding hydrogens is 390 g/mol. The van der Waals surface area contributed by atoms with Crippen LogP contribution in [0.5, 0.6) is 0 Å². The van der Waals surface area contributed by atoms with Gasteiger partial charge in [0.15, 0.2) is 5.65 Å². The van der Waals surface area contributed by atoms with E-state index in [2.05, 4.69) is 52.2 Å². The Balaban J connectivity index is 1.62. The molecule has 31 heavy (non-hydrogen) atoms. The summed E-state index contributed by atoms with van der Waals surface area (Å²) in [5.41, 5.74) is 4.75. The monoisotopic (exact) mass is 423 g/mol. The first kappa shape index (κ1) is 21.5. The number of nitrogens with one attached hydrogen (secondary N) is 2. The number of rotatable bonds is 6. The van der Waals surface area contributed by atoms with E-state index in [0.29, 0.717) is 13.1 Å². The zero-order chi connectivity index (χ0) is 22.1. The van der Waals surface area contributed by atoms with Gasteiger partial charge in [0.1, 0.15) is 5.82 Å². The van der Waals surface area contributed by atoms with Gasteiger partial charge in [0.25, 0.3) is 5.56 Å². The van der Waals surface area contributed by atoms with Crippen molar-refractivity contribution < 1.29 is 0 Å². The molecule has 8 nitrogen and oxygen atoms in total.